The smallest absolute Gasteiger partial charge is 0.269 e. The average molecular weight is 300 g/mol. The van der Waals surface area contributed by atoms with Gasteiger partial charge in [-0.1, -0.05) is 18.6 Å². The monoisotopic (exact) mass is 300 g/mol. The van der Waals surface area contributed by atoms with Crippen LogP contribution in [0.25, 0.3) is 0 Å². The van der Waals surface area contributed by atoms with E-state index in [1.54, 1.807) is 18.5 Å². The van der Waals surface area contributed by atoms with Crippen molar-refractivity contribution < 1.29 is 4.92 Å². The minimum absolute atomic E-state index is 0.0820. The molecule has 1 aliphatic carbocycles. The lowest BCUT2D eigenvalue weighted by Gasteiger charge is -2.34. The molecule has 0 aliphatic heterocycles. The highest BCUT2D eigenvalue weighted by molar-refractivity contribution is 5.38. The maximum Gasteiger partial charge on any atom is 0.269 e. The molecule has 1 saturated carbocycles. The van der Waals surface area contributed by atoms with Crippen molar-refractivity contribution in [2.45, 2.75) is 45.1 Å². The Morgan fingerprint density at radius 1 is 1.36 bits per heavy atom. The van der Waals surface area contributed by atoms with Gasteiger partial charge in [-0.05, 0) is 38.2 Å². The van der Waals surface area contributed by atoms with Gasteiger partial charge in [0, 0.05) is 24.1 Å². The third-order valence-electron chi connectivity index (χ3n) is 4.50. The summed E-state index contributed by atoms with van der Waals surface area (Å²) in [4.78, 5) is 10.7. The van der Waals surface area contributed by atoms with Gasteiger partial charge in [0.15, 0.2) is 0 Å². The number of aromatic nitrogens is 3. The molecule has 1 aliphatic rings. The van der Waals surface area contributed by atoms with Gasteiger partial charge >= 0.3 is 0 Å². The summed E-state index contributed by atoms with van der Waals surface area (Å²) in [6.45, 7) is 4.19. The number of hydrogen-bond donors (Lipinski definition) is 0. The first kappa shape index (κ1) is 14.7. The molecule has 0 amide bonds. The van der Waals surface area contributed by atoms with Gasteiger partial charge < -0.3 is 4.57 Å². The Balaban J connectivity index is 2.05. The fourth-order valence-corrected chi connectivity index (χ4v) is 3.11. The largest absolute Gasteiger partial charge is 0.315 e. The maximum atomic E-state index is 11.1. The van der Waals surface area contributed by atoms with Crippen molar-refractivity contribution in [3.8, 4) is 0 Å². The second kappa shape index (κ2) is 5.87. The van der Waals surface area contributed by atoms with Crippen LogP contribution in [0.2, 0.25) is 0 Å². The third kappa shape index (κ3) is 2.61. The van der Waals surface area contributed by atoms with E-state index in [4.69, 9.17) is 0 Å². The van der Waals surface area contributed by atoms with Crippen LogP contribution in [0.1, 0.15) is 56.5 Å². The van der Waals surface area contributed by atoms with Crippen LogP contribution in [-0.4, -0.2) is 19.7 Å². The lowest BCUT2D eigenvalue weighted by molar-refractivity contribution is -0.384. The number of nitrogens with zero attached hydrogens (tertiary/aromatic N) is 4. The summed E-state index contributed by atoms with van der Waals surface area (Å²) >= 11 is 0. The van der Waals surface area contributed by atoms with Crippen molar-refractivity contribution in [1.82, 2.24) is 14.8 Å². The van der Waals surface area contributed by atoms with Crippen LogP contribution in [-0.2, 0) is 0 Å². The number of non-ortho nitro benzene ring substituents is 1. The third-order valence-corrected chi connectivity index (χ3v) is 4.50. The Bertz CT molecular complexity index is 676. The molecule has 0 N–H and O–H groups in total. The van der Waals surface area contributed by atoms with Crippen LogP contribution in [0.5, 0.6) is 0 Å². The zero-order valence-corrected chi connectivity index (χ0v) is 12.8. The lowest BCUT2D eigenvalue weighted by Crippen LogP contribution is -2.25. The predicted octanol–water partition coefficient (Wildman–Crippen LogP) is 3.70. The summed E-state index contributed by atoms with van der Waals surface area (Å²) in [5, 5.41) is 19.5. The molecule has 3 rings (SSSR count). The second-order valence-electron chi connectivity index (χ2n) is 6.21. The second-order valence-corrected chi connectivity index (χ2v) is 6.21. The van der Waals surface area contributed by atoms with Crippen molar-refractivity contribution in [3.05, 3.63) is 52.1 Å². The Kier molecular flexibility index (Phi) is 3.92. The summed E-state index contributed by atoms with van der Waals surface area (Å²) in [5.41, 5.74) is 1.10. The molecule has 1 unspecified atom stereocenters. The molecule has 6 nitrogen and oxygen atoms in total. The van der Waals surface area contributed by atoms with Crippen molar-refractivity contribution in [2.75, 3.05) is 0 Å². The fourth-order valence-electron chi connectivity index (χ4n) is 3.11. The summed E-state index contributed by atoms with van der Waals surface area (Å²) < 4.78 is 2.07. The molecule has 1 heterocycles. The van der Waals surface area contributed by atoms with E-state index in [1.165, 1.54) is 12.5 Å². The Labute approximate surface area is 129 Å². The summed E-state index contributed by atoms with van der Waals surface area (Å²) in [6, 6.07) is 7.22. The molecule has 1 aromatic carbocycles. The van der Waals surface area contributed by atoms with E-state index in [2.05, 4.69) is 28.6 Å². The number of nitro groups is 1. The SMILES string of the molecule is CC(C)n1cnnc1C(c1cccc([N+](=O)[O-])c1)C1CCC1. The first-order valence-corrected chi connectivity index (χ1v) is 7.71. The van der Waals surface area contributed by atoms with Crippen LogP contribution >= 0.6 is 0 Å². The lowest BCUT2D eigenvalue weighted by atomic mass is 9.72. The molecule has 22 heavy (non-hydrogen) atoms. The van der Waals surface area contributed by atoms with E-state index in [0.29, 0.717) is 5.92 Å². The predicted molar refractivity (Wildman–Crippen MR) is 82.7 cm³/mol. The van der Waals surface area contributed by atoms with Crippen LogP contribution in [0.3, 0.4) is 0 Å². The van der Waals surface area contributed by atoms with Crippen LogP contribution in [0.15, 0.2) is 30.6 Å². The molecule has 0 spiro atoms. The van der Waals surface area contributed by atoms with Gasteiger partial charge in [0.05, 0.1) is 4.92 Å². The van der Waals surface area contributed by atoms with Crippen molar-refractivity contribution in [2.24, 2.45) is 5.92 Å². The molecule has 1 atom stereocenters. The van der Waals surface area contributed by atoms with Crippen molar-refractivity contribution >= 4 is 5.69 Å². The Hall–Kier alpha value is -2.24. The van der Waals surface area contributed by atoms with Crippen LogP contribution < -0.4 is 0 Å². The highest BCUT2D eigenvalue weighted by Gasteiger charge is 2.34. The van der Waals surface area contributed by atoms with Gasteiger partial charge in [-0.25, -0.2) is 0 Å². The van der Waals surface area contributed by atoms with Gasteiger partial charge in [-0.3, -0.25) is 10.1 Å². The molecular weight excluding hydrogens is 280 g/mol. The van der Waals surface area contributed by atoms with Gasteiger partial charge in [-0.15, -0.1) is 10.2 Å². The van der Waals surface area contributed by atoms with Crippen molar-refractivity contribution in [1.29, 1.82) is 0 Å². The van der Waals surface area contributed by atoms with E-state index in [0.717, 1.165) is 24.2 Å². The molecule has 0 bridgehead atoms. The van der Waals surface area contributed by atoms with Crippen LogP contribution in [0, 0.1) is 16.0 Å². The summed E-state index contributed by atoms with van der Waals surface area (Å²) in [6.07, 6.45) is 5.24. The zero-order chi connectivity index (χ0) is 15.7. The van der Waals surface area contributed by atoms with Gasteiger partial charge in [0.25, 0.3) is 5.69 Å². The fraction of sp³-hybridized carbons (Fsp3) is 0.500. The van der Waals surface area contributed by atoms with E-state index in [9.17, 15) is 10.1 Å². The van der Waals surface area contributed by atoms with Gasteiger partial charge in [0.2, 0.25) is 0 Å². The first-order valence-electron chi connectivity index (χ1n) is 7.71. The van der Waals surface area contributed by atoms with Gasteiger partial charge in [0.1, 0.15) is 12.2 Å². The number of rotatable bonds is 5. The molecule has 0 radical (unpaired) electrons. The van der Waals surface area contributed by atoms with Crippen molar-refractivity contribution in [3.63, 3.8) is 0 Å². The molecular formula is C16H20N4O2. The average Bonchev–Trinajstić information content (AvgIpc) is 2.91. The minimum atomic E-state index is -0.339. The minimum Gasteiger partial charge on any atom is -0.315 e. The van der Waals surface area contributed by atoms with E-state index >= 15 is 0 Å². The first-order chi connectivity index (χ1) is 10.6. The molecule has 1 fully saturated rings. The Morgan fingerprint density at radius 3 is 2.73 bits per heavy atom. The summed E-state index contributed by atoms with van der Waals surface area (Å²) in [7, 11) is 0. The quantitative estimate of drug-likeness (QED) is 0.623. The molecule has 116 valence electrons. The molecule has 0 saturated heterocycles. The standard InChI is InChI=1S/C16H20N4O2/c1-11(2)19-10-17-18-16(19)15(12-5-3-6-12)13-7-4-8-14(9-13)20(21)22/h4,7-12,15H,3,5-6H2,1-2H3. The number of nitro benzene ring substituents is 1. The zero-order valence-electron chi connectivity index (χ0n) is 12.8. The number of benzene rings is 1. The molecule has 6 heteroatoms. The highest BCUT2D eigenvalue weighted by Crippen LogP contribution is 2.43. The van der Waals surface area contributed by atoms with E-state index < -0.39 is 0 Å². The Morgan fingerprint density at radius 2 is 2.14 bits per heavy atom. The van der Waals surface area contributed by atoms with E-state index in [1.807, 2.05) is 6.07 Å². The van der Waals surface area contributed by atoms with Gasteiger partial charge in [-0.2, -0.15) is 0 Å². The molecule has 1 aromatic heterocycles. The normalized spacial score (nSPS) is 16.5. The maximum absolute atomic E-state index is 11.1. The van der Waals surface area contributed by atoms with E-state index in [-0.39, 0.29) is 22.6 Å². The topological polar surface area (TPSA) is 73.8 Å². The summed E-state index contributed by atoms with van der Waals surface area (Å²) in [5.74, 6) is 1.49. The van der Waals surface area contributed by atoms with Crippen LogP contribution in [0.4, 0.5) is 5.69 Å². The highest BCUT2D eigenvalue weighted by atomic mass is 16.6. The molecule has 2 aromatic rings. The number of hydrogen-bond acceptors (Lipinski definition) is 4.